The molecule has 4 aromatic rings. The lowest BCUT2D eigenvalue weighted by Crippen LogP contribution is -2.25. The molecule has 35 heavy (non-hydrogen) atoms. The minimum absolute atomic E-state index is 0.00789. The number of aromatic nitrogens is 3. The summed E-state index contributed by atoms with van der Waals surface area (Å²) in [6, 6.07) is 10.1. The van der Waals surface area contributed by atoms with Crippen molar-refractivity contribution in [2.24, 2.45) is 0 Å². The molecule has 0 spiro atoms. The second kappa shape index (κ2) is 9.72. The largest absolute Gasteiger partial charge is 0.491 e. The lowest BCUT2D eigenvalue weighted by molar-refractivity contribution is 0.102. The zero-order valence-electron chi connectivity index (χ0n) is 19.9. The number of aryl methyl sites for hydroxylation is 2. The molecule has 10 nitrogen and oxygen atoms in total. The van der Waals surface area contributed by atoms with Gasteiger partial charge < -0.3 is 29.2 Å². The van der Waals surface area contributed by atoms with Gasteiger partial charge in [-0.2, -0.15) is 0 Å². The van der Waals surface area contributed by atoms with Gasteiger partial charge >= 0.3 is 0 Å². The third-order valence-electron chi connectivity index (χ3n) is 5.32. The highest BCUT2D eigenvalue weighted by Crippen LogP contribution is 2.34. The lowest BCUT2D eigenvalue weighted by atomic mass is 10.1. The highest BCUT2D eigenvalue weighted by Gasteiger charge is 2.20. The number of rotatable bonds is 7. The molecular formula is C25H24N4O6. The summed E-state index contributed by atoms with van der Waals surface area (Å²) in [5.41, 5.74) is 2.11. The molecule has 3 aromatic heterocycles. The first-order valence-corrected chi connectivity index (χ1v) is 10.6. The minimum Gasteiger partial charge on any atom is -0.491 e. The quantitative estimate of drug-likeness (QED) is 0.410. The van der Waals surface area contributed by atoms with Crippen molar-refractivity contribution < 1.29 is 23.7 Å². The number of methoxy groups -OCH3 is 3. The first-order chi connectivity index (χ1) is 16.9. The van der Waals surface area contributed by atoms with Crippen LogP contribution in [0.5, 0.6) is 28.9 Å². The van der Waals surface area contributed by atoms with Crippen LogP contribution < -0.4 is 29.7 Å². The summed E-state index contributed by atoms with van der Waals surface area (Å²) in [5, 5.41) is 2.74. The van der Waals surface area contributed by atoms with Gasteiger partial charge in [-0.15, -0.1) is 0 Å². The predicted molar refractivity (Wildman–Crippen MR) is 130 cm³/mol. The molecule has 0 radical (unpaired) electrons. The van der Waals surface area contributed by atoms with Crippen molar-refractivity contribution >= 4 is 22.6 Å². The van der Waals surface area contributed by atoms with Crippen molar-refractivity contribution in [2.75, 3.05) is 26.6 Å². The molecule has 2 N–H and O–H groups in total. The maximum absolute atomic E-state index is 12.8. The molecule has 0 bridgehead atoms. The molecule has 4 rings (SSSR count). The van der Waals surface area contributed by atoms with Crippen LogP contribution in [0.1, 0.15) is 21.7 Å². The van der Waals surface area contributed by atoms with Gasteiger partial charge in [0, 0.05) is 29.7 Å². The van der Waals surface area contributed by atoms with E-state index in [1.807, 2.05) is 0 Å². The SMILES string of the molecule is COc1cc2nccc(Oc3ccc(NC(=O)c4c(C)[nH]c(C)c(OC)c4=O)cc3)c2nc1OC. The molecule has 1 amide bonds. The number of hydrogen-bond acceptors (Lipinski definition) is 8. The smallest absolute Gasteiger partial charge is 0.261 e. The maximum atomic E-state index is 12.8. The maximum Gasteiger partial charge on any atom is 0.261 e. The van der Waals surface area contributed by atoms with Crippen molar-refractivity contribution in [1.82, 2.24) is 15.0 Å². The number of hydrogen-bond donors (Lipinski definition) is 2. The van der Waals surface area contributed by atoms with E-state index in [4.69, 9.17) is 18.9 Å². The van der Waals surface area contributed by atoms with Crippen LogP contribution >= 0.6 is 0 Å². The molecule has 10 heteroatoms. The van der Waals surface area contributed by atoms with E-state index in [-0.39, 0.29) is 11.3 Å². The summed E-state index contributed by atoms with van der Waals surface area (Å²) < 4.78 is 21.7. The van der Waals surface area contributed by atoms with Crippen LogP contribution in [0.15, 0.2) is 47.4 Å². The van der Waals surface area contributed by atoms with Gasteiger partial charge in [-0.3, -0.25) is 14.6 Å². The van der Waals surface area contributed by atoms with Gasteiger partial charge in [0.1, 0.15) is 16.8 Å². The van der Waals surface area contributed by atoms with Crippen LogP contribution in [-0.2, 0) is 0 Å². The number of nitrogens with zero attached hydrogens (tertiary/aromatic N) is 2. The summed E-state index contributed by atoms with van der Waals surface area (Å²) in [6.07, 6.45) is 1.61. The van der Waals surface area contributed by atoms with E-state index >= 15 is 0 Å². The Labute approximate surface area is 200 Å². The van der Waals surface area contributed by atoms with Gasteiger partial charge in [-0.25, -0.2) is 4.98 Å². The molecule has 0 aliphatic heterocycles. The van der Waals surface area contributed by atoms with E-state index in [0.29, 0.717) is 51.2 Å². The molecule has 0 saturated heterocycles. The number of carbonyl (C=O) groups is 1. The highest BCUT2D eigenvalue weighted by atomic mass is 16.5. The molecule has 0 saturated carbocycles. The van der Waals surface area contributed by atoms with E-state index in [9.17, 15) is 9.59 Å². The molecule has 180 valence electrons. The zero-order valence-corrected chi connectivity index (χ0v) is 19.9. The van der Waals surface area contributed by atoms with Crippen LogP contribution in [0.2, 0.25) is 0 Å². The third kappa shape index (κ3) is 4.58. The number of anilines is 1. The fourth-order valence-electron chi connectivity index (χ4n) is 3.69. The molecular weight excluding hydrogens is 452 g/mol. The summed E-state index contributed by atoms with van der Waals surface area (Å²) in [5.74, 6) is 1.33. The Balaban J connectivity index is 1.56. The number of carbonyl (C=O) groups excluding carboxylic acids is 1. The predicted octanol–water partition coefficient (Wildman–Crippen LogP) is 4.01. The van der Waals surface area contributed by atoms with E-state index < -0.39 is 11.3 Å². The summed E-state index contributed by atoms with van der Waals surface area (Å²) in [4.78, 5) is 37.2. The van der Waals surface area contributed by atoms with Crippen LogP contribution in [-0.4, -0.2) is 42.2 Å². The van der Waals surface area contributed by atoms with Gasteiger partial charge in [0.15, 0.2) is 17.2 Å². The number of H-pyrrole nitrogens is 1. The fourth-order valence-corrected chi connectivity index (χ4v) is 3.69. The Kier molecular flexibility index (Phi) is 6.54. The van der Waals surface area contributed by atoms with Crippen LogP contribution in [0.4, 0.5) is 5.69 Å². The molecule has 1 aromatic carbocycles. The van der Waals surface area contributed by atoms with E-state index in [1.165, 1.54) is 21.3 Å². The zero-order chi connectivity index (χ0) is 25.1. The summed E-state index contributed by atoms with van der Waals surface area (Å²) in [7, 11) is 4.42. The van der Waals surface area contributed by atoms with Gasteiger partial charge in [-0.1, -0.05) is 0 Å². The standard InChI is InChI=1S/C25H24N4O6/c1-13-20(22(30)23(33-4)14(2)27-13)24(31)28-15-6-8-16(9-7-15)35-18-10-11-26-17-12-19(32-3)25(34-5)29-21(17)18/h6-12H,1-5H3,(H,27,30)(H,28,31). The number of ether oxygens (including phenoxy) is 4. The second-order valence-electron chi connectivity index (χ2n) is 7.57. The monoisotopic (exact) mass is 476 g/mol. The van der Waals surface area contributed by atoms with E-state index in [1.54, 1.807) is 56.4 Å². The first kappa shape index (κ1) is 23.6. The number of aromatic amines is 1. The number of benzene rings is 1. The van der Waals surface area contributed by atoms with Crippen molar-refractivity contribution in [3.63, 3.8) is 0 Å². The normalized spacial score (nSPS) is 10.7. The topological polar surface area (TPSA) is 125 Å². The average molecular weight is 476 g/mol. The Bertz CT molecular complexity index is 1460. The van der Waals surface area contributed by atoms with Crippen molar-refractivity contribution in [2.45, 2.75) is 13.8 Å². The van der Waals surface area contributed by atoms with E-state index in [2.05, 4.69) is 20.3 Å². The Morgan fingerprint density at radius 2 is 1.69 bits per heavy atom. The fraction of sp³-hybridized carbons (Fsp3) is 0.200. The number of nitrogens with one attached hydrogen (secondary N) is 2. The Morgan fingerprint density at radius 1 is 0.943 bits per heavy atom. The summed E-state index contributed by atoms with van der Waals surface area (Å²) >= 11 is 0. The Morgan fingerprint density at radius 3 is 2.34 bits per heavy atom. The first-order valence-electron chi connectivity index (χ1n) is 10.6. The number of pyridine rings is 3. The van der Waals surface area contributed by atoms with Crippen molar-refractivity contribution in [3.8, 4) is 28.9 Å². The van der Waals surface area contributed by atoms with Gasteiger partial charge in [0.2, 0.25) is 5.43 Å². The van der Waals surface area contributed by atoms with Crippen LogP contribution in [0.25, 0.3) is 11.0 Å². The molecule has 0 atom stereocenters. The average Bonchev–Trinajstić information content (AvgIpc) is 2.84. The molecule has 3 heterocycles. The van der Waals surface area contributed by atoms with Gasteiger partial charge in [0.05, 0.1) is 32.5 Å². The Hall–Kier alpha value is -4.60. The van der Waals surface area contributed by atoms with Crippen LogP contribution in [0.3, 0.4) is 0 Å². The second-order valence-corrected chi connectivity index (χ2v) is 7.57. The molecule has 0 unspecified atom stereocenters. The van der Waals surface area contributed by atoms with Crippen molar-refractivity contribution in [3.05, 3.63) is 69.8 Å². The van der Waals surface area contributed by atoms with Gasteiger partial charge in [-0.05, 0) is 38.1 Å². The van der Waals surface area contributed by atoms with Gasteiger partial charge in [0.25, 0.3) is 11.8 Å². The molecule has 0 aliphatic rings. The number of fused-ring (bicyclic) bond motifs is 1. The molecule has 0 fully saturated rings. The number of amides is 1. The molecule has 0 aliphatic carbocycles. The lowest BCUT2D eigenvalue weighted by Gasteiger charge is -2.12. The summed E-state index contributed by atoms with van der Waals surface area (Å²) in [6.45, 7) is 3.37. The highest BCUT2D eigenvalue weighted by molar-refractivity contribution is 6.05. The van der Waals surface area contributed by atoms with E-state index in [0.717, 1.165) is 0 Å². The minimum atomic E-state index is -0.541. The van der Waals surface area contributed by atoms with Crippen molar-refractivity contribution in [1.29, 1.82) is 0 Å². The van der Waals surface area contributed by atoms with Crippen LogP contribution in [0, 0.1) is 13.8 Å². The third-order valence-corrected chi connectivity index (χ3v) is 5.32.